The summed E-state index contributed by atoms with van der Waals surface area (Å²) in [6, 6.07) is 25.3. The van der Waals surface area contributed by atoms with Crippen LogP contribution in [-0.2, 0) is 11.4 Å². The summed E-state index contributed by atoms with van der Waals surface area (Å²) in [4.78, 5) is 20.7. The second-order valence-corrected chi connectivity index (χ2v) is 10.9. The fraction of sp³-hybridized carbons (Fsp3) is 0.152. The van der Waals surface area contributed by atoms with E-state index in [1.54, 1.807) is 35.2 Å². The smallest absolute Gasteiger partial charge is 0.271 e. The van der Waals surface area contributed by atoms with Crippen LogP contribution in [0.25, 0.3) is 6.08 Å². The number of amidine groups is 1. The van der Waals surface area contributed by atoms with Crippen LogP contribution < -0.4 is 14.4 Å². The summed E-state index contributed by atoms with van der Waals surface area (Å²) in [5, 5.41) is 0.874. The minimum absolute atomic E-state index is 0.122. The van der Waals surface area contributed by atoms with Crippen molar-refractivity contribution >= 4 is 51.9 Å². The predicted molar refractivity (Wildman–Crippen MR) is 166 cm³/mol. The maximum atomic E-state index is 13.7. The van der Waals surface area contributed by atoms with Crippen LogP contribution in [0.4, 0.5) is 15.8 Å². The SMILES string of the molecule is CCOc1cc(/C=C2\SC(=Nc3ccc(C)cc3)N(c3ccc(C)cc3)C2=O)cc(Cl)c1OCc1cccc(F)c1. The van der Waals surface area contributed by atoms with Gasteiger partial charge in [-0.05, 0) is 98.3 Å². The molecule has 208 valence electrons. The highest BCUT2D eigenvalue weighted by molar-refractivity contribution is 8.19. The molecule has 1 saturated heterocycles. The van der Waals surface area contributed by atoms with Crippen LogP contribution in [0, 0.1) is 19.7 Å². The Balaban J connectivity index is 1.48. The molecule has 1 aliphatic rings. The number of halogens is 2. The van der Waals surface area contributed by atoms with Crippen molar-refractivity contribution in [3.63, 3.8) is 0 Å². The number of carbonyl (C=O) groups is 1. The third kappa shape index (κ3) is 6.81. The summed E-state index contributed by atoms with van der Waals surface area (Å²) < 4.78 is 25.4. The Kier molecular flexibility index (Phi) is 8.76. The van der Waals surface area contributed by atoms with E-state index in [-0.39, 0.29) is 18.3 Å². The third-order valence-electron chi connectivity index (χ3n) is 6.26. The average Bonchev–Trinajstić information content (AvgIpc) is 3.24. The lowest BCUT2D eigenvalue weighted by atomic mass is 10.1. The normalized spacial score (nSPS) is 15.1. The molecule has 4 aromatic rings. The molecule has 0 aromatic heterocycles. The monoisotopic (exact) mass is 586 g/mol. The number of carbonyl (C=O) groups excluding carboxylic acids is 1. The van der Waals surface area contributed by atoms with E-state index in [0.29, 0.717) is 44.3 Å². The quantitative estimate of drug-likeness (QED) is 0.193. The molecule has 0 aliphatic carbocycles. The van der Waals surface area contributed by atoms with Gasteiger partial charge in [-0.1, -0.05) is 59.1 Å². The van der Waals surface area contributed by atoms with Gasteiger partial charge in [0.15, 0.2) is 16.7 Å². The van der Waals surface area contributed by atoms with Crippen LogP contribution in [0.15, 0.2) is 94.8 Å². The Hall–Kier alpha value is -4.07. The number of aryl methyl sites for hydroxylation is 2. The highest BCUT2D eigenvalue weighted by atomic mass is 35.5. The number of thioether (sulfide) groups is 1. The van der Waals surface area contributed by atoms with E-state index in [1.807, 2.05) is 69.3 Å². The molecule has 0 unspecified atom stereocenters. The van der Waals surface area contributed by atoms with Gasteiger partial charge >= 0.3 is 0 Å². The predicted octanol–water partition coefficient (Wildman–Crippen LogP) is 8.88. The van der Waals surface area contributed by atoms with Crippen LogP contribution in [0.2, 0.25) is 5.02 Å². The third-order valence-corrected chi connectivity index (χ3v) is 7.51. The molecule has 1 aliphatic heterocycles. The topological polar surface area (TPSA) is 51.1 Å². The lowest BCUT2D eigenvalue weighted by Gasteiger charge is -2.16. The minimum Gasteiger partial charge on any atom is -0.490 e. The largest absolute Gasteiger partial charge is 0.490 e. The second-order valence-electron chi connectivity index (χ2n) is 9.50. The standard InChI is InChI=1S/C33H28ClFN2O3S/c1-4-39-29-18-24(17-28(34)31(29)40-20-23-6-5-7-25(35)16-23)19-30-32(38)37(27-14-10-22(3)11-15-27)33(41-30)36-26-12-8-21(2)9-13-26/h5-19H,4,20H2,1-3H3/b30-19-,36-33?. The summed E-state index contributed by atoms with van der Waals surface area (Å²) in [6.07, 6.45) is 1.77. The van der Waals surface area contributed by atoms with Crippen LogP contribution in [0.1, 0.15) is 29.2 Å². The molecule has 5 nitrogen and oxygen atoms in total. The second kappa shape index (κ2) is 12.6. The molecule has 41 heavy (non-hydrogen) atoms. The van der Waals surface area contributed by atoms with Crippen molar-refractivity contribution in [2.75, 3.05) is 11.5 Å². The molecule has 0 N–H and O–H groups in total. The average molecular weight is 587 g/mol. The van der Waals surface area contributed by atoms with Gasteiger partial charge in [-0.25, -0.2) is 9.38 Å². The van der Waals surface area contributed by atoms with Gasteiger partial charge in [-0.15, -0.1) is 0 Å². The fourth-order valence-corrected chi connectivity index (χ4v) is 5.48. The van der Waals surface area contributed by atoms with Crippen molar-refractivity contribution in [1.29, 1.82) is 0 Å². The molecule has 0 atom stereocenters. The van der Waals surface area contributed by atoms with E-state index in [1.165, 1.54) is 23.9 Å². The lowest BCUT2D eigenvalue weighted by Crippen LogP contribution is -2.28. The molecule has 1 amide bonds. The van der Waals surface area contributed by atoms with Gasteiger partial charge in [0.05, 0.1) is 27.9 Å². The number of anilines is 1. The van der Waals surface area contributed by atoms with Gasteiger partial charge in [0, 0.05) is 0 Å². The van der Waals surface area contributed by atoms with Crippen molar-refractivity contribution in [3.8, 4) is 11.5 Å². The number of rotatable bonds is 8. The van der Waals surface area contributed by atoms with Crippen LogP contribution in [-0.4, -0.2) is 17.7 Å². The van der Waals surface area contributed by atoms with E-state index < -0.39 is 0 Å². The first kappa shape index (κ1) is 28.5. The van der Waals surface area contributed by atoms with E-state index >= 15 is 0 Å². The van der Waals surface area contributed by atoms with Gasteiger partial charge < -0.3 is 9.47 Å². The van der Waals surface area contributed by atoms with Crippen molar-refractivity contribution in [2.24, 2.45) is 4.99 Å². The summed E-state index contributed by atoms with van der Waals surface area (Å²) in [5.74, 6) is 0.258. The van der Waals surface area contributed by atoms with Crippen molar-refractivity contribution in [1.82, 2.24) is 0 Å². The maximum absolute atomic E-state index is 13.7. The van der Waals surface area contributed by atoms with Gasteiger partial charge in [0.1, 0.15) is 12.4 Å². The van der Waals surface area contributed by atoms with Gasteiger partial charge in [-0.2, -0.15) is 0 Å². The van der Waals surface area contributed by atoms with Crippen molar-refractivity contribution < 1.29 is 18.7 Å². The molecule has 0 spiro atoms. The number of benzene rings is 4. The summed E-state index contributed by atoms with van der Waals surface area (Å²) in [6.45, 7) is 6.39. The van der Waals surface area contributed by atoms with E-state index in [4.69, 9.17) is 26.1 Å². The zero-order valence-corrected chi connectivity index (χ0v) is 24.4. The van der Waals surface area contributed by atoms with E-state index in [9.17, 15) is 9.18 Å². The first-order valence-corrected chi connectivity index (χ1v) is 14.3. The molecular formula is C33H28ClFN2O3S. The highest BCUT2D eigenvalue weighted by Gasteiger charge is 2.35. The van der Waals surface area contributed by atoms with Crippen LogP contribution in [0.5, 0.6) is 11.5 Å². The molecule has 8 heteroatoms. The number of nitrogens with zero attached hydrogens (tertiary/aromatic N) is 2. The number of hydrogen-bond donors (Lipinski definition) is 0. The molecule has 1 fully saturated rings. The summed E-state index contributed by atoms with van der Waals surface area (Å²) >= 11 is 7.94. The Morgan fingerprint density at radius 3 is 2.34 bits per heavy atom. The Bertz CT molecular complexity index is 1640. The fourth-order valence-electron chi connectivity index (χ4n) is 4.21. The Morgan fingerprint density at radius 2 is 1.66 bits per heavy atom. The Morgan fingerprint density at radius 1 is 0.951 bits per heavy atom. The highest BCUT2D eigenvalue weighted by Crippen LogP contribution is 2.41. The lowest BCUT2D eigenvalue weighted by molar-refractivity contribution is -0.113. The molecule has 5 rings (SSSR count). The summed E-state index contributed by atoms with van der Waals surface area (Å²) in [7, 11) is 0. The van der Waals surface area contributed by atoms with E-state index in [2.05, 4.69) is 0 Å². The minimum atomic E-state index is -0.340. The zero-order chi connectivity index (χ0) is 28.9. The molecular weight excluding hydrogens is 559 g/mol. The van der Waals surface area contributed by atoms with Gasteiger partial charge in [-0.3, -0.25) is 9.69 Å². The van der Waals surface area contributed by atoms with Crippen molar-refractivity contribution in [2.45, 2.75) is 27.4 Å². The van der Waals surface area contributed by atoms with Gasteiger partial charge in [0.2, 0.25) is 0 Å². The van der Waals surface area contributed by atoms with E-state index in [0.717, 1.165) is 22.5 Å². The summed E-state index contributed by atoms with van der Waals surface area (Å²) in [5.41, 5.74) is 5.05. The van der Waals surface area contributed by atoms with Crippen molar-refractivity contribution in [3.05, 3.63) is 123 Å². The molecule has 0 radical (unpaired) electrons. The first-order chi connectivity index (χ1) is 19.8. The Labute approximate surface area is 248 Å². The maximum Gasteiger partial charge on any atom is 0.271 e. The number of aliphatic imine (C=N–C) groups is 1. The molecule has 4 aromatic carbocycles. The molecule has 0 bridgehead atoms. The number of hydrogen-bond acceptors (Lipinski definition) is 5. The van der Waals surface area contributed by atoms with Crippen LogP contribution in [0.3, 0.4) is 0 Å². The molecule has 1 heterocycles. The zero-order valence-electron chi connectivity index (χ0n) is 22.9. The van der Waals surface area contributed by atoms with Gasteiger partial charge in [0.25, 0.3) is 5.91 Å². The first-order valence-electron chi connectivity index (χ1n) is 13.1. The molecule has 0 saturated carbocycles. The number of amides is 1. The van der Waals surface area contributed by atoms with Crippen LogP contribution >= 0.6 is 23.4 Å². The number of ether oxygens (including phenoxy) is 2.